The molecule has 2 rings (SSSR count). The summed E-state index contributed by atoms with van der Waals surface area (Å²) in [4.78, 5) is 20.7. The SMILES string of the molecule is Cc1cc(C)nc(SCc2ccc(C(=O)NCCC(C)C)o2)n1. The first-order valence-corrected chi connectivity index (χ1v) is 8.74. The van der Waals surface area contributed by atoms with Gasteiger partial charge in [0.1, 0.15) is 5.76 Å². The normalized spacial score (nSPS) is 11.0. The van der Waals surface area contributed by atoms with Crippen LogP contribution in [-0.2, 0) is 5.75 Å². The zero-order valence-corrected chi connectivity index (χ0v) is 14.9. The predicted octanol–water partition coefficient (Wildman–Crippen LogP) is 3.75. The zero-order valence-electron chi connectivity index (χ0n) is 14.0. The summed E-state index contributed by atoms with van der Waals surface area (Å²) in [7, 11) is 0. The molecule has 2 aromatic rings. The second-order valence-electron chi connectivity index (χ2n) is 5.93. The summed E-state index contributed by atoms with van der Waals surface area (Å²) < 4.78 is 5.60. The van der Waals surface area contributed by atoms with Crippen molar-refractivity contribution in [3.63, 3.8) is 0 Å². The van der Waals surface area contributed by atoms with Crippen molar-refractivity contribution in [3.05, 3.63) is 41.1 Å². The fourth-order valence-electron chi connectivity index (χ4n) is 2.03. The van der Waals surface area contributed by atoms with Crippen molar-refractivity contribution in [2.45, 2.75) is 45.0 Å². The van der Waals surface area contributed by atoms with Crippen LogP contribution in [0.5, 0.6) is 0 Å². The summed E-state index contributed by atoms with van der Waals surface area (Å²) in [6.45, 7) is 8.82. The third-order valence-electron chi connectivity index (χ3n) is 3.20. The molecule has 2 heterocycles. The van der Waals surface area contributed by atoms with Crippen LogP contribution >= 0.6 is 11.8 Å². The monoisotopic (exact) mass is 333 g/mol. The molecule has 2 aromatic heterocycles. The Morgan fingerprint density at radius 2 is 1.96 bits per heavy atom. The van der Waals surface area contributed by atoms with E-state index >= 15 is 0 Å². The third kappa shape index (κ3) is 5.71. The fourth-order valence-corrected chi connectivity index (χ4v) is 2.88. The largest absolute Gasteiger partial charge is 0.455 e. The van der Waals surface area contributed by atoms with Crippen molar-refractivity contribution in [2.24, 2.45) is 5.92 Å². The summed E-state index contributed by atoms with van der Waals surface area (Å²) in [5, 5.41) is 3.59. The maximum Gasteiger partial charge on any atom is 0.286 e. The Balaban J connectivity index is 1.88. The van der Waals surface area contributed by atoms with E-state index in [1.54, 1.807) is 6.07 Å². The molecule has 0 saturated heterocycles. The van der Waals surface area contributed by atoms with E-state index < -0.39 is 0 Å². The van der Waals surface area contributed by atoms with Crippen molar-refractivity contribution in [2.75, 3.05) is 6.54 Å². The van der Waals surface area contributed by atoms with Gasteiger partial charge in [-0.1, -0.05) is 25.6 Å². The molecule has 6 heteroatoms. The highest BCUT2D eigenvalue weighted by Gasteiger charge is 2.11. The van der Waals surface area contributed by atoms with Crippen LogP contribution in [0.1, 0.15) is 48.0 Å². The van der Waals surface area contributed by atoms with E-state index in [1.807, 2.05) is 26.0 Å². The number of amides is 1. The molecular formula is C17H23N3O2S. The number of nitrogens with zero attached hydrogens (tertiary/aromatic N) is 2. The molecule has 0 bridgehead atoms. The molecule has 0 fully saturated rings. The number of carbonyl (C=O) groups excluding carboxylic acids is 1. The van der Waals surface area contributed by atoms with Crippen LogP contribution in [0.25, 0.3) is 0 Å². The van der Waals surface area contributed by atoms with E-state index in [9.17, 15) is 4.79 Å². The number of carbonyl (C=O) groups is 1. The molecule has 1 N–H and O–H groups in total. The minimum atomic E-state index is -0.162. The molecule has 0 radical (unpaired) electrons. The third-order valence-corrected chi connectivity index (χ3v) is 4.07. The number of thioether (sulfide) groups is 1. The Hall–Kier alpha value is -1.82. The van der Waals surface area contributed by atoms with Crippen molar-refractivity contribution in [1.29, 1.82) is 0 Å². The summed E-state index contributed by atoms with van der Waals surface area (Å²) in [5.41, 5.74) is 1.90. The van der Waals surface area contributed by atoms with Crippen LogP contribution in [0.3, 0.4) is 0 Å². The lowest BCUT2D eigenvalue weighted by Gasteiger charge is -2.05. The molecule has 0 aromatic carbocycles. The molecular weight excluding hydrogens is 310 g/mol. The molecule has 0 saturated carbocycles. The maximum absolute atomic E-state index is 12.0. The van der Waals surface area contributed by atoms with Gasteiger partial charge in [-0.05, 0) is 44.4 Å². The van der Waals surface area contributed by atoms with Crippen LogP contribution in [0.2, 0.25) is 0 Å². The molecule has 0 spiro atoms. The molecule has 23 heavy (non-hydrogen) atoms. The van der Waals surface area contributed by atoms with Crippen molar-refractivity contribution in [1.82, 2.24) is 15.3 Å². The van der Waals surface area contributed by atoms with Crippen molar-refractivity contribution in [3.8, 4) is 0 Å². The molecule has 0 aliphatic heterocycles. The van der Waals surface area contributed by atoms with Gasteiger partial charge in [0, 0.05) is 17.9 Å². The topological polar surface area (TPSA) is 68.0 Å². The van der Waals surface area contributed by atoms with Gasteiger partial charge in [0.05, 0.1) is 5.75 Å². The predicted molar refractivity (Wildman–Crippen MR) is 91.6 cm³/mol. The lowest BCUT2D eigenvalue weighted by Crippen LogP contribution is -2.24. The highest BCUT2D eigenvalue weighted by Crippen LogP contribution is 2.21. The second kappa shape index (κ2) is 8.15. The van der Waals surface area contributed by atoms with Gasteiger partial charge in [0.25, 0.3) is 5.91 Å². The Morgan fingerprint density at radius 1 is 1.26 bits per heavy atom. The number of furan rings is 1. The first-order valence-electron chi connectivity index (χ1n) is 7.76. The minimum absolute atomic E-state index is 0.162. The second-order valence-corrected chi connectivity index (χ2v) is 6.87. The minimum Gasteiger partial charge on any atom is -0.455 e. The van der Waals surface area contributed by atoms with Crippen molar-refractivity contribution < 1.29 is 9.21 Å². The average Bonchev–Trinajstić information content (AvgIpc) is 2.92. The van der Waals surface area contributed by atoms with E-state index in [0.29, 0.717) is 24.0 Å². The van der Waals surface area contributed by atoms with Gasteiger partial charge in [0.2, 0.25) is 0 Å². The van der Waals surface area contributed by atoms with Crippen molar-refractivity contribution >= 4 is 17.7 Å². The maximum atomic E-state index is 12.0. The van der Waals surface area contributed by atoms with Crippen LogP contribution < -0.4 is 5.32 Å². The van der Waals surface area contributed by atoms with E-state index in [0.717, 1.165) is 28.7 Å². The molecule has 0 aliphatic carbocycles. The van der Waals surface area contributed by atoms with Gasteiger partial charge in [-0.2, -0.15) is 0 Å². The molecule has 0 atom stereocenters. The molecule has 0 aliphatic rings. The number of hydrogen-bond donors (Lipinski definition) is 1. The Kier molecular flexibility index (Phi) is 6.21. The summed E-state index contributed by atoms with van der Waals surface area (Å²) in [5.74, 6) is 2.10. The Bertz CT molecular complexity index is 647. The number of aromatic nitrogens is 2. The standard InChI is InChI=1S/C17H23N3O2S/c1-11(2)7-8-18-16(21)15-6-5-14(22-15)10-23-17-19-12(3)9-13(4)20-17/h5-6,9,11H,7-8,10H2,1-4H3,(H,18,21). The van der Waals surface area contributed by atoms with Gasteiger partial charge in [0.15, 0.2) is 10.9 Å². The Labute approximate surface area is 141 Å². The summed E-state index contributed by atoms with van der Waals surface area (Å²) in [6.07, 6.45) is 0.958. The number of aryl methyl sites for hydroxylation is 2. The van der Waals surface area contributed by atoms with Crippen LogP contribution in [-0.4, -0.2) is 22.4 Å². The Morgan fingerprint density at radius 3 is 2.61 bits per heavy atom. The van der Waals surface area contributed by atoms with Gasteiger partial charge in [-0.25, -0.2) is 9.97 Å². The molecule has 5 nitrogen and oxygen atoms in total. The van der Waals surface area contributed by atoms with Gasteiger partial charge >= 0.3 is 0 Å². The van der Waals surface area contributed by atoms with Gasteiger partial charge < -0.3 is 9.73 Å². The van der Waals surface area contributed by atoms with Crippen LogP contribution in [0, 0.1) is 19.8 Å². The smallest absolute Gasteiger partial charge is 0.286 e. The van der Waals surface area contributed by atoms with Crippen LogP contribution in [0.15, 0.2) is 27.8 Å². The van der Waals surface area contributed by atoms with E-state index in [-0.39, 0.29) is 5.91 Å². The summed E-state index contributed by atoms with van der Waals surface area (Å²) in [6, 6.07) is 5.48. The number of nitrogens with one attached hydrogen (secondary N) is 1. The quantitative estimate of drug-likeness (QED) is 0.617. The summed E-state index contributed by atoms with van der Waals surface area (Å²) >= 11 is 1.50. The van der Waals surface area contributed by atoms with Gasteiger partial charge in [-0.15, -0.1) is 0 Å². The highest BCUT2D eigenvalue weighted by molar-refractivity contribution is 7.98. The van der Waals surface area contributed by atoms with E-state index in [2.05, 4.69) is 29.1 Å². The number of rotatable bonds is 7. The lowest BCUT2D eigenvalue weighted by molar-refractivity contribution is 0.0923. The molecule has 0 unspecified atom stereocenters. The number of hydrogen-bond acceptors (Lipinski definition) is 5. The average molecular weight is 333 g/mol. The van der Waals surface area contributed by atoms with Gasteiger partial charge in [-0.3, -0.25) is 4.79 Å². The molecule has 124 valence electrons. The first kappa shape index (κ1) is 17.5. The lowest BCUT2D eigenvalue weighted by atomic mass is 10.1. The zero-order chi connectivity index (χ0) is 16.8. The fraction of sp³-hybridized carbons (Fsp3) is 0.471. The first-order chi connectivity index (χ1) is 10.9. The highest BCUT2D eigenvalue weighted by atomic mass is 32.2. The van der Waals surface area contributed by atoms with Crippen LogP contribution in [0.4, 0.5) is 0 Å². The van der Waals surface area contributed by atoms with E-state index in [1.165, 1.54) is 11.8 Å². The van der Waals surface area contributed by atoms with E-state index in [4.69, 9.17) is 4.42 Å². The molecule has 1 amide bonds.